The maximum absolute atomic E-state index is 13.4. The summed E-state index contributed by atoms with van der Waals surface area (Å²) in [6.45, 7) is 3.52. The van der Waals surface area contributed by atoms with Crippen LogP contribution in [0.3, 0.4) is 0 Å². The summed E-state index contributed by atoms with van der Waals surface area (Å²) in [5.74, 6) is 0.452. The molecule has 0 aliphatic carbocycles. The lowest BCUT2D eigenvalue weighted by atomic mass is 10.0. The molecule has 1 aliphatic rings. The second kappa shape index (κ2) is 8.52. The maximum Gasteiger partial charge on any atom is 0.226 e. The molecule has 6 heteroatoms. The summed E-state index contributed by atoms with van der Waals surface area (Å²) < 4.78 is 13.4. The second-order valence-corrected chi connectivity index (χ2v) is 7.48. The number of piperazine rings is 1. The molecule has 0 N–H and O–H groups in total. The Morgan fingerprint density at radius 2 is 1.39 bits per heavy atom. The Balaban J connectivity index is 1.45. The molecule has 1 fully saturated rings. The van der Waals surface area contributed by atoms with Crippen molar-refractivity contribution in [3.05, 3.63) is 91.1 Å². The van der Waals surface area contributed by atoms with Gasteiger partial charge in [0.1, 0.15) is 5.82 Å². The van der Waals surface area contributed by atoms with Gasteiger partial charge < -0.3 is 9.80 Å². The Hall–Kier alpha value is -3.80. The Labute approximate surface area is 180 Å². The first kappa shape index (κ1) is 19.2. The number of nitrogens with zero attached hydrogens (tertiary/aromatic N) is 5. The van der Waals surface area contributed by atoms with Crippen molar-refractivity contribution in [1.29, 1.82) is 0 Å². The van der Waals surface area contributed by atoms with Crippen molar-refractivity contribution in [3.8, 4) is 22.4 Å². The molecule has 2 aromatic carbocycles. The van der Waals surface area contributed by atoms with E-state index in [9.17, 15) is 4.39 Å². The summed E-state index contributed by atoms with van der Waals surface area (Å²) in [5, 5.41) is 0. The van der Waals surface area contributed by atoms with E-state index in [0.29, 0.717) is 5.95 Å². The molecule has 1 aliphatic heterocycles. The smallest absolute Gasteiger partial charge is 0.226 e. The molecule has 3 heterocycles. The first-order valence-corrected chi connectivity index (χ1v) is 10.4. The van der Waals surface area contributed by atoms with Gasteiger partial charge in [-0.25, -0.2) is 14.4 Å². The highest BCUT2D eigenvalue weighted by Crippen LogP contribution is 2.31. The minimum Gasteiger partial charge on any atom is -0.368 e. The summed E-state index contributed by atoms with van der Waals surface area (Å²) in [6.07, 6.45) is 5.35. The third kappa shape index (κ3) is 4.10. The fourth-order valence-corrected chi connectivity index (χ4v) is 3.90. The molecule has 0 saturated carbocycles. The average molecular weight is 411 g/mol. The first-order valence-electron chi connectivity index (χ1n) is 10.4. The molecule has 5 rings (SSSR count). The van der Waals surface area contributed by atoms with Crippen LogP contribution in [0.4, 0.5) is 16.0 Å². The van der Waals surface area contributed by atoms with Gasteiger partial charge in [0.15, 0.2) is 0 Å². The minimum atomic E-state index is -0.261. The van der Waals surface area contributed by atoms with Gasteiger partial charge in [0.25, 0.3) is 0 Å². The standard InChI is InChI=1S/C25H22FN5/c26-21-8-6-19(7-9-21)23-18-28-25(29-24(23)20-10-12-27-13-11-20)31-16-14-30(15-17-31)22-4-2-1-3-5-22/h1-13,18H,14-17H2. The van der Waals surface area contributed by atoms with Gasteiger partial charge in [0, 0.05) is 61.6 Å². The fourth-order valence-electron chi connectivity index (χ4n) is 3.90. The highest BCUT2D eigenvalue weighted by Gasteiger charge is 2.21. The Kier molecular flexibility index (Phi) is 5.27. The molecule has 0 bridgehead atoms. The SMILES string of the molecule is Fc1ccc(-c2cnc(N3CCN(c4ccccc4)CC3)nc2-c2ccncc2)cc1. The van der Waals surface area contributed by atoms with E-state index in [1.54, 1.807) is 24.5 Å². The van der Waals surface area contributed by atoms with Crippen LogP contribution < -0.4 is 9.80 Å². The van der Waals surface area contributed by atoms with Crippen molar-refractivity contribution in [1.82, 2.24) is 15.0 Å². The van der Waals surface area contributed by atoms with Crippen molar-refractivity contribution in [3.63, 3.8) is 0 Å². The van der Waals surface area contributed by atoms with Crippen molar-refractivity contribution >= 4 is 11.6 Å². The summed E-state index contributed by atoms with van der Waals surface area (Å²) >= 11 is 0. The number of rotatable bonds is 4. The zero-order valence-corrected chi connectivity index (χ0v) is 17.0. The van der Waals surface area contributed by atoms with Crippen LogP contribution in [0.25, 0.3) is 22.4 Å². The molecular weight excluding hydrogens is 389 g/mol. The number of hydrogen-bond acceptors (Lipinski definition) is 5. The van der Waals surface area contributed by atoms with E-state index in [0.717, 1.165) is 48.6 Å². The number of aromatic nitrogens is 3. The van der Waals surface area contributed by atoms with Crippen LogP contribution in [0.5, 0.6) is 0 Å². The van der Waals surface area contributed by atoms with Gasteiger partial charge in [-0.1, -0.05) is 30.3 Å². The van der Waals surface area contributed by atoms with Gasteiger partial charge in [-0.15, -0.1) is 0 Å². The van der Waals surface area contributed by atoms with Gasteiger partial charge in [0.05, 0.1) is 5.69 Å². The van der Waals surface area contributed by atoms with Crippen LogP contribution in [0.2, 0.25) is 0 Å². The lowest BCUT2D eigenvalue weighted by Gasteiger charge is -2.36. The van der Waals surface area contributed by atoms with Crippen LogP contribution in [-0.2, 0) is 0 Å². The Morgan fingerprint density at radius 3 is 2.10 bits per heavy atom. The number of para-hydroxylation sites is 1. The molecular formula is C25H22FN5. The van der Waals surface area contributed by atoms with Crippen LogP contribution in [-0.4, -0.2) is 41.1 Å². The van der Waals surface area contributed by atoms with Crippen LogP contribution in [0.1, 0.15) is 0 Å². The largest absolute Gasteiger partial charge is 0.368 e. The Bertz CT molecular complexity index is 1140. The number of anilines is 2. The van der Waals surface area contributed by atoms with E-state index in [1.807, 2.05) is 24.4 Å². The first-order chi connectivity index (χ1) is 15.3. The lowest BCUT2D eigenvalue weighted by Crippen LogP contribution is -2.47. The minimum absolute atomic E-state index is 0.261. The maximum atomic E-state index is 13.4. The highest BCUT2D eigenvalue weighted by molar-refractivity contribution is 5.80. The van der Waals surface area contributed by atoms with E-state index in [-0.39, 0.29) is 5.82 Å². The zero-order chi connectivity index (χ0) is 21.0. The molecule has 0 atom stereocenters. The third-order valence-corrected chi connectivity index (χ3v) is 5.57. The van der Waals surface area contributed by atoms with E-state index in [4.69, 9.17) is 4.98 Å². The molecule has 2 aromatic heterocycles. The molecule has 0 radical (unpaired) electrons. The number of hydrogen-bond donors (Lipinski definition) is 0. The van der Waals surface area contributed by atoms with E-state index >= 15 is 0 Å². The van der Waals surface area contributed by atoms with Gasteiger partial charge >= 0.3 is 0 Å². The summed E-state index contributed by atoms with van der Waals surface area (Å²) in [6, 6.07) is 20.8. The van der Waals surface area contributed by atoms with Gasteiger partial charge in [-0.2, -0.15) is 0 Å². The number of halogens is 1. The monoisotopic (exact) mass is 411 g/mol. The molecule has 0 spiro atoms. The highest BCUT2D eigenvalue weighted by atomic mass is 19.1. The predicted molar refractivity (Wildman–Crippen MR) is 122 cm³/mol. The van der Waals surface area contributed by atoms with Gasteiger partial charge in [-0.05, 0) is 42.0 Å². The molecule has 5 nitrogen and oxygen atoms in total. The van der Waals surface area contributed by atoms with E-state index in [2.05, 4.69) is 44.0 Å². The summed E-state index contributed by atoms with van der Waals surface area (Å²) in [4.78, 5) is 18.3. The molecule has 31 heavy (non-hydrogen) atoms. The molecule has 4 aromatic rings. The quantitative estimate of drug-likeness (QED) is 0.488. The van der Waals surface area contributed by atoms with Crippen molar-refractivity contribution in [2.24, 2.45) is 0 Å². The van der Waals surface area contributed by atoms with Crippen LogP contribution >= 0.6 is 0 Å². The molecule has 154 valence electrons. The topological polar surface area (TPSA) is 45.2 Å². The molecule has 0 unspecified atom stereocenters. The van der Waals surface area contributed by atoms with Gasteiger partial charge in [0.2, 0.25) is 5.95 Å². The van der Waals surface area contributed by atoms with Crippen LogP contribution in [0.15, 0.2) is 85.3 Å². The average Bonchev–Trinajstić information content (AvgIpc) is 2.85. The fraction of sp³-hybridized carbons (Fsp3) is 0.160. The number of benzene rings is 2. The lowest BCUT2D eigenvalue weighted by molar-refractivity contribution is 0.628. The normalized spacial score (nSPS) is 14.0. The molecule has 1 saturated heterocycles. The third-order valence-electron chi connectivity index (χ3n) is 5.57. The van der Waals surface area contributed by atoms with Gasteiger partial charge in [-0.3, -0.25) is 4.98 Å². The predicted octanol–water partition coefficient (Wildman–Crippen LogP) is 4.67. The Morgan fingerprint density at radius 1 is 0.710 bits per heavy atom. The van der Waals surface area contributed by atoms with Crippen molar-refractivity contribution in [2.75, 3.05) is 36.0 Å². The second-order valence-electron chi connectivity index (χ2n) is 7.48. The van der Waals surface area contributed by atoms with Crippen molar-refractivity contribution in [2.45, 2.75) is 0 Å². The zero-order valence-electron chi connectivity index (χ0n) is 17.0. The van der Waals surface area contributed by atoms with Crippen molar-refractivity contribution < 1.29 is 4.39 Å². The summed E-state index contributed by atoms with van der Waals surface area (Å²) in [5.41, 5.74) is 4.78. The van der Waals surface area contributed by atoms with Crippen LogP contribution in [0, 0.1) is 5.82 Å². The molecule has 0 amide bonds. The number of pyridine rings is 1. The summed E-state index contributed by atoms with van der Waals surface area (Å²) in [7, 11) is 0. The van der Waals surface area contributed by atoms with E-state index in [1.165, 1.54) is 17.8 Å². The van der Waals surface area contributed by atoms with E-state index < -0.39 is 0 Å².